The lowest BCUT2D eigenvalue weighted by atomic mass is 10.3. The molecular formula is C17H20FN5O5S. The van der Waals surface area contributed by atoms with E-state index in [4.69, 9.17) is 0 Å². The summed E-state index contributed by atoms with van der Waals surface area (Å²) >= 11 is 0. The van der Waals surface area contributed by atoms with Crippen LogP contribution in [-0.2, 0) is 21.4 Å². The van der Waals surface area contributed by atoms with Gasteiger partial charge in [0.05, 0.1) is 9.82 Å². The summed E-state index contributed by atoms with van der Waals surface area (Å²) < 4.78 is 40.8. The first kappa shape index (κ1) is 20.9. The third-order valence-corrected chi connectivity index (χ3v) is 6.77. The summed E-state index contributed by atoms with van der Waals surface area (Å²) in [4.78, 5) is 24.6. The summed E-state index contributed by atoms with van der Waals surface area (Å²) in [5.74, 6) is -0.826. The van der Waals surface area contributed by atoms with Gasteiger partial charge in [-0.2, -0.15) is 9.40 Å². The largest absolute Gasteiger partial charge is 0.338 e. The molecule has 0 unspecified atom stereocenters. The summed E-state index contributed by atoms with van der Waals surface area (Å²) in [7, 11) is -3.77. The van der Waals surface area contributed by atoms with E-state index in [-0.39, 0.29) is 54.9 Å². The van der Waals surface area contributed by atoms with Crippen molar-refractivity contribution in [2.75, 3.05) is 26.2 Å². The fourth-order valence-corrected chi connectivity index (χ4v) is 4.69. The van der Waals surface area contributed by atoms with Crippen molar-refractivity contribution in [2.24, 2.45) is 0 Å². The van der Waals surface area contributed by atoms with Gasteiger partial charge in [0.15, 0.2) is 0 Å². The van der Waals surface area contributed by atoms with Crippen LogP contribution in [0.3, 0.4) is 0 Å². The van der Waals surface area contributed by atoms with Crippen LogP contribution in [0.4, 0.5) is 10.1 Å². The molecule has 1 aliphatic heterocycles. The number of amides is 1. The van der Waals surface area contributed by atoms with E-state index in [1.807, 2.05) is 0 Å². The maximum atomic E-state index is 13.0. The highest BCUT2D eigenvalue weighted by Crippen LogP contribution is 2.22. The first-order chi connectivity index (χ1) is 13.6. The summed E-state index contributed by atoms with van der Waals surface area (Å²) in [6, 6.07) is 4.58. The summed E-state index contributed by atoms with van der Waals surface area (Å²) in [6.45, 7) is 3.43. The molecule has 1 aromatic carbocycles. The highest BCUT2D eigenvalue weighted by molar-refractivity contribution is 7.89. The van der Waals surface area contributed by atoms with Gasteiger partial charge >= 0.3 is 5.69 Å². The van der Waals surface area contributed by atoms with Crippen molar-refractivity contribution >= 4 is 21.6 Å². The summed E-state index contributed by atoms with van der Waals surface area (Å²) in [6.07, 6.45) is 0. The van der Waals surface area contributed by atoms with E-state index in [1.54, 1.807) is 0 Å². The van der Waals surface area contributed by atoms with Crippen LogP contribution in [0.15, 0.2) is 29.2 Å². The molecule has 12 heteroatoms. The number of nitrogens with zero attached hydrogens (tertiary/aromatic N) is 5. The molecule has 2 aromatic rings. The Balaban J connectivity index is 1.65. The Kier molecular flexibility index (Phi) is 5.66. The van der Waals surface area contributed by atoms with Crippen molar-refractivity contribution in [3.8, 4) is 0 Å². The molecule has 0 radical (unpaired) electrons. The number of halogens is 1. The Morgan fingerprint density at radius 1 is 1.17 bits per heavy atom. The van der Waals surface area contributed by atoms with E-state index in [1.165, 1.54) is 39.9 Å². The van der Waals surface area contributed by atoms with Crippen LogP contribution in [-0.4, -0.2) is 64.4 Å². The molecule has 156 valence electrons. The summed E-state index contributed by atoms with van der Waals surface area (Å²) in [5, 5.41) is 15.1. The van der Waals surface area contributed by atoms with Gasteiger partial charge in [0.2, 0.25) is 15.9 Å². The number of aromatic nitrogens is 2. The second kappa shape index (κ2) is 7.87. The molecule has 1 amide bonds. The Morgan fingerprint density at radius 3 is 2.28 bits per heavy atom. The predicted octanol–water partition coefficient (Wildman–Crippen LogP) is 1.08. The van der Waals surface area contributed by atoms with Crippen molar-refractivity contribution < 1.29 is 22.5 Å². The van der Waals surface area contributed by atoms with Crippen molar-refractivity contribution in [1.29, 1.82) is 0 Å². The number of benzene rings is 1. The molecule has 0 aliphatic carbocycles. The number of aryl methyl sites for hydroxylation is 1. The number of sulfonamides is 1. The molecule has 1 aromatic heterocycles. The third kappa shape index (κ3) is 4.12. The fraction of sp³-hybridized carbons (Fsp3) is 0.412. The standard InChI is InChI=1S/C17H20FN5O5S/c1-12-17(23(25)26)13(2)22(19-12)11-16(24)20-7-9-21(10-8-20)29(27,28)15-5-3-14(18)4-6-15/h3-6H,7-11H2,1-2H3. The maximum Gasteiger partial charge on any atom is 0.312 e. The third-order valence-electron chi connectivity index (χ3n) is 4.85. The van der Waals surface area contributed by atoms with Crippen LogP contribution in [0.5, 0.6) is 0 Å². The minimum Gasteiger partial charge on any atom is -0.338 e. The number of piperazine rings is 1. The molecule has 0 bridgehead atoms. The normalized spacial score (nSPS) is 15.5. The van der Waals surface area contributed by atoms with Gasteiger partial charge < -0.3 is 4.90 Å². The summed E-state index contributed by atoms with van der Waals surface area (Å²) in [5.41, 5.74) is 0.405. The van der Waals surface area contributed by atoms with E-state index in [9.17, 15) is 27.7 Å². The minimum absolute atomic E-state index is 0.00590. The van der Waals surface area contributed by atoms with Gasteiger partial charge in [-0.15, -0.1) is 0 Å². The number of rotatable bonds is 5. The smallest absolute Gasteiger partial charge is 0.312 e. The predicted molar refractivity (Wildman–Crippen MR) is 100 cm³/mol. The van der Waals surface area contributed by atoms with Crippen LogP contribution in [0.1, 0.15) is 11.4 Å². The van der Waals surface area contributed by atoms with Gasteiger partial charge in [0.25, 0.3) is 0 Å². The van der Waals surface area contributed by atoms with E-state index < -0.39 is 20.8 Å². The Bertz CT molecular complexity index is 1040. The number of carbonyl (C=O) groups excluding carboxylic acids is 1. The SMILES string of the molecule is Cc1nn(CC(=O)N2CCN(S(=O)(=O)c3ccc(F)cc3)CC2)c(C)c1[N+](=O)[O-]. The van der Waals surface area contributed by atoms with Gasteiger partial charge in [-0.3, -0.25) is 19.6 Å². The highest BCUT2D eigenvalue weighted by atomic mass is 32.2. The lowest BCUT2D eigenvalue weighted by Crippen LogP contribution is -2.51. The molecule has 3 rings (SSSR count). The first-order valence-electron chi connectivity index (χ1n) is 8.83. The van der Waals surface area contributed by atoms with E-state index in [2.05, 4.69) is 5.10 Å². The Labute approximate surface area is 166 Å². The molecule has 1 saturated heterocycles. The van der Waals surface area contributed by atoms with E-state index in [0.29, 0.717) is 5.69 Å². The number of nitro groups is 1. The number of hydrogen-bond donors (Lipinski definition) is 0. The fourth-order valence-electron chi connectivity index (χ4n) is 3.27. The molecule has 2 heterocycles. The lowest BCUT2D eigenvalue weighted by molar-refractivity contribution is -0.386. The molecule has 10 nitrogen and oxygen atoms in total. The van der Waals surface area contributed by atoms with Gasteiger partial charge in [-0.1, -0.05) is 0 Å². The molecule has 0 N–H and O–H groups in total. The van der Waals surface area contributed by atoms with Gasteiger partial charge in [0, 0.05) is 26.2 Å². The first-order valence-corrected chi connectivity index (χ1v) is 10.3. The van der Waals surface area contributed by atoms with Crippen molar-refractivity contribution in [3.05, 3.63) is 51.6 Å². The zero-order chi connectivity index (χ0) is 21.3. The van der Waals surface area contributed by atoms with Gasteiger partial charge in [0.1, 0.15) is 23.7 Å². The van der Waals surface area contributed by atoms with E-state index in [0.717, 1.165) is 12.1 Å². The topological polar surface area (TPSA) is 119 Å². The number of hydrogen-bond acceptors (Lipinski definition) is 6. The monoisotopic (exact) mass is 425 g/mol. The molecular weight excluding hydrogens is 405 g/mol. The van der Waals surface area contributed by atoms with Gasteiger partial charge in [-0.25, -0.2) is 12.8 Å². The van der Waals surface area contributed by atoms with Crippen LogP contribution in [0.25, 0.3) is 0 Å². The average Bonchev–Trinajstić information content (AvgIpc) is 2.95. The average molecular weight is 425 g/mol. The maximum absolute atomic E-state index is 13.0. The number of carbonyl (C=O) groups is 1. The van der Waals surface area contributed by atoms with Crippen molar-refractivity contribution in [3.63, 3.8) is 0 Å². The second-order valence-corrected chi connectivity index (χ2v) is 8.61. The van der Waals surface area contributed by atoms with Crippen LogP contribution >= 0.6 is 0 Å². The Morgan fingerprint density at radius 2 is 1.76 bits per heavy atom. The molecule has 0 saturated carbocycles. The van der Waals surface area contributed by atoms with Gasteiger partial charge in [-0.05, 0) is 38.1 Å². The van der Waals surface area contributed by atoms with Crippen LogP contribution < -0.4 is 0 Å². The molecule has 0 atom stereocenters. The molecule has 0 spiro atoms. The lowest BCUT2D eigenvalue weighted by Gasteiger charge is -2.34. The second-order valence-electron chi connectivity index (χ2n) is 6.67. The zero-order valence-corrected chi connectivity index (χ0v) is 16.7. The molecule has 1 fully saturated rings. The zero-order valence-electron chi connectivity index (χ0n) is 15.9. The molecule has 29 heavy (non-hydrogen) atoms. The van der Waals surface area contributed by atoms with Crippen LogP contribution in [0, 0.1) is 29.8 Å². The minimum atomic E-state index is -3.77. The van der Waals surface area contributed by atoms with E-state index >= 15 is 0 Å². The molecule has 1 aliphatic rings. The van der Waals surface area contributed by atoms with Crippen LogP contribution in [0.2, 0.25) is 0 Å². The Hall–Kier alpha value is -2.86. The van der Waals surface area contributed by atoms with Crippen molar-refractivity contribution in [2.45, 2.75) is 25.3 Å². The highest BCUT2D eigenvalue weighted by Gasteiger charge is 2.31. The van der Waals surface area contributed by atoms with Crippen molar-refractivity contribution in [1.82, 2.24) is 19.0 Å². The quantitative estimate of drug-likeness (QED) is 0.522.